The summed E-state index contributed by atoms with van der Waals surface area (Å²) in [5, 5.41) is 5.53. The molecule has 0 fully saturated rings. The second-order valence-corrected chi connectivity index (χ2v) is 5.36. The third kappa shape index (κ3) is 4.84. The molecule has 2 aromatic carbocycles. The fourth-order valence-corrected chi connectivity index (χ4v) is 2.22. The molecule has 25 heavy (non-hydrogen) atoms. The maximum absolute atomic E-state index is 13.3. The van der Waals surface area contributed by atoms with Crippen LogP contribution in [0.5, 0.6) is 0 Å². The molecule has 1 amide bonds. The summed E-state index contributed by atoms with van der Waals surface area (Å²) in [6.45, 7) is 1.65. The van der Waals surface area contributed by atoms with Crippen molar-refractivity contribution in [3.8, 4) is 0 Å². The van der Waals surface area contributed by atoms with Gasteiger partial charge in [0.1, 0.15) is 0 Å². The van der Waals surface area contributed by atoms with Gasteiger partial charge in [0.25, 0.3) is 0 Å². The van der Waals surface area contributed by atoms with Crippen LogP contribution in [0.1, 0.15) is 28.9 Å². The van der Waals surface area contributed by atoms with Crippen LogP contribution in [0.3, 0.4) is 0 Å². The Bertz CT molecular complexity index is 781. The summed E-state index contributed by atoms with van der Waals surface area (Å²) in [6, 6.07) is 9.66. The first kappa shape index (κ1) is 18.5. The van der Waals surface area contributed by atoms with E-state index in [9.17, 15) is 18.4 Å². The minimum absolute atomic E-state index is 0.0737. The first-order chi connectivity index (χ1) is 11.9. The lowest BCUT2D eigenvalue weighted by atomic mass is 10.1. The minimum atomic E-state index is -0.942. The van der Waals surface area contributed by atoms with Gasteiger partial charge in [-0.25, -0.2) is 13.6 Å². The van der Waals surface area contributed by atoms with Crippen molar-refractivity contribution >= 4 is 17.6 Å². The van der Waals surface area contributed by atoms with E-state index >= 15 is 0 Å². The van der Waals surface area contributed by atoms with Crippen LogP contribution in [0, 0.1) is 11.6 Å². The Labute approximate surface area is 144 Å². The van der Waals surface area contributed by atoms with Gasteiger partial charge in [-0.15, -0.1) is 0 Å². The van der Waals surface area contributed by atoms with Crippen LogP contribution < -0.4 is 10.6 Å². The smallest absolute Gasteiger partial charge is 0.339 e. The number of hydrogen-bond donors (Lipinski definition) is 2. The predicted molar refractivity (Wildman–Crippen MR) is 89.2 cm³/mol. The van der Waals surface area contributed by atoms with E-state index in [0.29, 0.717) is 11.3 Å². The van der Waals surface area contributed by atoms with E-state index in [0.717, 1.165) is 12.1 Å². The van der Waals surface area contributed by atoms with Crippen molar-refractivity contribution in [2.24, 2.45) is 0 Å². The fourth-order valence-electron chi connectivity index (χ4n) is 2.22. The predicted octanol–water partition coefficient (Wildman–Crippen LogP) is 3.04. The molecule has 2 N–H and O–H groups in total. The van der Waals surface area contributed by atoms with Crippen LogP contribution in [-0.4, -0.2) is 25.5 Å². The molecule has 0 unspecified atom stereocenters. The van der Waals surface area contributed by atoms with Gasteiger partial charge >= 0.3 is 5.97 Å². The van der Waals surface area contributed by atoms with Crippen molar-refractivity contribution in [2.75, 3.05) is 19.0 Å². The van der Waals surface area contributed by atoms with E-state index in [1.807, 2.05) is 0 Å². The van der Waals surface area contributed by atoms with Crippen molar-refractivity contribution < 1.29 is 23.1 Å². The molecule has 0 saturated carbocycles. The van der Waals surface area contributed by atoms with Crippen molar-refractivity contribution in [1.82, 2.24) is 5.32 Å². The van der Waals surface area contributed by atoms with E-state index < -0.39 is 17.6 Å². The number of para-hydroxylation sites is 1. The van der Waals surface area contributed by atoms with E-state index in [4.69, 9.17) is 0 Å². The quantitative estimate of drug-likeness (QED) is 0.788. The summed E-state index contributed by atoms with van der Waals surface area (Å²) in [4.78, 5) is 23.7. The van der Waals surface area contributed by atoms with E-state index in [1.54, 1.807) is 31.2 Å². The zero-order chi connectivity index (χ0) is 18.4. The lowest BCUT2D eigenvalue weighted by molar-refractivity contribution is -0.115. The summed E-state index contributed by atoms with van der Waals surface area (Å²) < 4.78 is 30.9. The van der Waals surface area contributed by atoms with Gasteiger partial charge in [-0.1, -0.05) is 18.2 Å². The molecule has 1 atom stereocenters. The lowest BCUT2D eigenvalue weighted by Crippen LogP contribution is -2.30. The molecule has 0 spiro atoms. The number of ether oxygens (including phenoxy) is 1. The highest BCUT2D eigenvalue weighted by Gasteiger charge is 2.14. The van der Waals surface area contributed by atoms with Crippen molar-refractivity contribution in [2.45, 2.75) is 13.0 Å². The molecule has 0 aromatic heterocycles. The largest absolute Gasteiger partial charge is 0.465 e. The van der Waals surface area contributed by atoms with Crippen LogP contribution in [0.2, 0.25) is 0 Å². The molecule has 0 bridgehead atoms. The number of anilines is 1. The van der Waals surface area contributed by atoms with Gasteiger partial charge in [-0.05, 0) is 36.8 Å². The Kier molecular flexibility index (Phi) is 6.19. The Morgan fingerprint density at radius 1 is 1.12 bits per heavy atom. The maximum atomic E-state index is 13.3. The number of amides is 1. The number of benzene rings is 2. The van der Waals surface area contributed by atoms with Crippen molar-refractivity contribution in [1.29, 1.82) is 0 Å². The van der Waals surface area contributed by atoms with Gasteiger partial charge in [0.2, 0.25) is 5.91 Å². The van der Waals surface area contributed by atoms with Gasteiger partial charge in [0.15, 0.2) is 11.6 Å². The highest BCUT2D eigenvalue weighted by Crippen LogP contribution is 2.17. The van der Waals surface area contributed by atoms with Crippen LogP contribution in [0.4, 0.5) is 14.5 Å². The van der Waals surface area contributed by atoms with E-state index in [2.05, 4.69) is 15.4 Å². The molecule has 0 radical (unpaired) electrons. The number of rotatable bonds is 6. The average Bonchev–Trinajstić information content (AvgIpc) is 2.61. The average molecular weight is 348 g/mol. The number of esters is 1. The summed E-state index contributed by atoms with van der Waals surface area (Å²) in [7, 11) is 1.26. The highest BCUT2D eigenvalue weighted by molar-refractivity contribution is 6.01. The first-order valence-electron chi connectivity index (χ1n) is 7.58. The van der Waals surface area contributed by atoms with Crippen molar-refractivity contribution in [3.05, 3.63) is 65.2 Å². The molecule has 5 nitrogen and oxygen atoms in total. The fraction of sp³-hybridized carbons (Fsp3) is 0.222. The third-order valence-electron chi connectivity index (χ3n) is 3.62. The molecular formula is C18H18F2N2O3. The second-order valence-electron chi connectivity index (χ2n) is 5.36. The zero-order valence-corrected chi connectivity index (χ0v) is 13.8. The van der Waals surface area contributed by atoms with Crippen LogP contribution in [-0.2, 0) is 9.53 Å². The highest BCUT2D eigenvalue weighted by atomic mass is 19.2. The maximum Gasteiger partial charge on any atom is 0.339 e. The van der Waals surface area contributed by atoms with E-state index in [-0.39, 0.29) is 24.1 Å². The molecule has 2 rings (SSSR count). The third-order valence-corrected chi connectivity index (χ3v) is 3.62. The normalized spacial score (nSPS) is 11.7. The van der Waals surface area contributed by atoms with Crippen molar-refractivity contribution in [3.63, 3.8) is 0 Å². The minimum Gasteiger partial charge on any atom is -0.465 e. The first-order valence-corrected chi connectivity index (χ1v) is 7.58. The Morgan fingerprint density at radius 3 is 2.52 bits per heavy atom. The van der Waals surface area contributed by atoms with Gasteiger partial charge in [0.05, 0.1) is 24.9 Å². The number of hydrogen-bond acceptors (Lipinski definition) is 4. The van der Waals surface area contributed by atoms with E-state index in [1.165, 1.54) is 13.2 Å². The molecule has 0 heterocycles. The number of carbonyl (C=O) groups excluding carboxylic acids is 2. The topological polar surface area (TPSA) is 67.4 Å². The summed E-state index contributed by atoms with van der Waals surface area (Å²) in [5.41, 5.74) is 1.09. The standard InChI is InChI=1S/C18H18F2N2O3/c1-11(12-7-8-14(19)15(20)9-12)21-10-17(23)22-16-6-4-3-5-13(16)18(24)25-2/h3-9,11,21H,10H2,1-2H3,(H,22,23)/t11-/m0/s1. The molecular weight excluding hydrogens is 330 g/mol. The molecule has 0 saturated heterocycles. The second kappa shape index (κ2) is 8.34. The van der Waals surface area contributed by atoms with Gasteiger partial charge in [-0.3, -0.25) is 4.79 Å². The van der Waals surface area contributed by atoms with Gasteiger partial charge in [-0.2, -0.15) is 0 Å². The number of halogens is 2. The molecule has 0 aliphatic heterocycles. The number of nitrogens with one attached hydrogen (secondary N) is 2. The number of carbonyl (C=O) groups is 2. The Balaban J connectivity index is 1.97. The summed E-state index contributed by atoms with van der Waals surface area (Å²) in [6.07, 6.45) is 0. The molecule has 7 heteroatoms. The monoisotopic (exact) mass is 348 g/mol. The Hall–Kier alpha value is -2.80. The summed E-state index contributed by atoms with van der Waals surface area (Å²) >= 11 is 0. The summed E-state index contributed by atoms with van der Waals surface area (Å²) in [5.74, 6) is -2.81. The van der Waals surface area contributed by atoms with Gasteiger partial charge < -0.3 is 15.4 Å². The molecule has 132 valence electrons. The SMILES string of the molecule is COC(=O)c1ccccc1NC(=O)CN[C@@H](C)c1ccc(F)c(F)c1. The van der Waals surface area contributed by atoms with Crippen LogP contribution in [0.25, 0.3) is 0 Å². The van der Waals surface area contributed by atoms with Gasteiger partial charge in [0, 0.05) is 6.04 Å². The molecule has 2 aromatic rings. The molecule has 0 aliphatic carbocycles. The van der Waals surface area contributed by atoms with Crippen LogP contribution >= 0.6 is 0 Å². The zero-order valence-electron chi connectivity index (χ0n) is 13.8. The Morgan fingerprint density at radius 2 is 1.84 bits per heavy atom. The van der Waals surface area contributed by atoms with Crippen LogP contribution in [0.15, 0.2) is 42.5 Å². The number of methoxy groups -OCH3 is 1. The molecule has 0 aliphatic rings. The lowest BCUT2D eigenvalue weighted by Gasteiger charge is -2.15.